The van der Waals surface area contributed by atoms with E-state index in [0.29, 0.717) is 25.4 Å². The van der Waals surface area contributed by atoms with Gasteiger partial charge in [0, 0.05) is 11.5 Å². The molecule has 4 saturated carbocycles. The van der Waals surface area contributed by atoms with E-state index in [1.54, 1.807) is 6.08 Å². The summed E-state index contributed by atoms with van der Waals surface area (Å²) in [4.78, 5) is 11.6. The van der Waals surface area contributed by atoms with Gasteiger partial charge in [0.05, 0.1) is 17.8 Å². The maximum absolute atomic E-state index is 12.1. The minimum Gasteiger partial charge on any atom is -0.458 e. The van der Waals surface area contributed by atoms with E-state index in [4.69, 9.17) is 4.74 Å². The molecule has 0 radical (unpaired) electrons. The van der Waals surface area contributed by atoms with Crippen LogP contribution < -0.4 is 0 Å². The van der Waals surface area contributed by atoms with Crippen molar-refractivity contribution in [2.75, 3.05) is 6.61 Å². The first-order valence-electron chi connectivity index (χ1n) is 11.1. The minimum atomic E-state index is -0.807. The SMILES string of the molecule is C[C@]12CC[C@H](O)C[C@H]1C(O)C[C@@H]1[C@@H]2CC[C@]2(C)[C@@H](C3=CC(=O)OC3)CC[C@]12O. The van der Waals surface area contributed by atoms with Gasteiger partial charge >= 0.3 is 5.97 Å². The molecule has 1 aliphatic heterocycles. The number of carbonyl (C=O) groups is 1. The Morgan fingerprint density at radius 1 is 1.00 bits per heavy atom. The van der Waals surface area contributed by atoms with Crippen LogP contribution in [-0.2, 0) is 9.53 Å². The fourth-order valence-electron chi connectivity index (χ4n) is 8.42. The molecule has 5 rings (SSSR count). The molecule has 28 heavy (non-hydrogen) atoms. The van der Waals surface area contributed by atoms with Crippen molar-refractivity contribution in [2.24, 2.45) is 34.5 Å². The lowest BCUT2D eigenvalue weighted by Gasteiger charge is -2.64. The highest BCUT2D eigenvalue weighted by molar-refractivity contribution is 5.85. The first kappa shape index (κ1) is 19.1. The lowest BCUT2D eigenvalue weighted by Crippen LogP contribution is -2.64. The van der Waals surface area contributed by atoms with Gasteiger partial charge in [0.1, 0.15) is 6.61 Å². The Bertz CT molecular complexity index is 718. The van der Waals surface area contributed by atoms with E-state index in [0.717, 1.165) is 44.1 Å². The van der Waals surface area contributed by atoms with Crippen LogP contribution in [0.4, 0.5) is 0 Å². The summed E-state index contributed by atoms with van der Waals surface area (Å²) in [5, 5.41) is 33.4. The number of carbonyl (C=O) groups excluding carboxylic acids is 1. The number of hydrogen-bond donors (Lipinski definition) is 3. The van der Waals surface area contributed by atoms with Gasteiger partial charge in [-0.2, -0.15) is 0 Å². The zero-order chi connectivity index (χ0) is 19.9. The summed E-state index contributed by atoms with van der Waals surface area (Å²) in [7, 11) is 0. The molecule has 0 aromatic heterocycles. The summed E-state index contributed by atoms with van der Waals surface area (Å²) in [6.45, 7) is 4.87. The van der Waals surface area contributed by atoms with E-state index in [1.807, 2.05) is 0 Å². The third kappa shape index (κ3) is 2.33. The van der Waals surface area contributed by atoms with Crippen LogP contribution in [0.5, 0.6) is 0 Å². The lowest BCUT2D eigenvalue weighted by atomic mass is 9.42. The number of aliphatic hydroxyl groups is 3. The van der Waals surface area contributed by atoms with E-state index < -0.39 is 11.7 Å². The highest BCUT2D eigenvalue weighted by Crippen LogP contribution is 2.69. The van der Waals surface area contributed by atoms with Crippen molar-refractivity contribution in [3.05, 3.63) is 11.6 Å². The summed E-state index contributed by atoms with van der Waals surface area (Å²) < 4.78 is 5.18. The number of rotatable bonds is 1. The third-order valence-electron chi connectivity index (χ3n) is 9.97. The molecule has 5 heteroatoms. The molecule has 0 spiro atoms. The van der Waals surface area contributed by atoms with Gasteiger partial charge in [0.25, 0.3) is 0 Å². The number of esters is 1. The average Bonchev–Trinajstić information content (AvgIpc) is 3.18. The molecular weight excluding hydrogens is 356 g/mol. The number of fused-ring (bicyclic) bond motifs is 5. The largest absolute Gasteiger partial charge is 0.458 e. The zero-order valence-corrected chi connectivity index (χ0v) is 17.1. The second-order valence-corrected chi connectivity index (χ2v) is 10.9. The number of hydrogen-bond acceptors (Lipinski definition) is 5. The van der Waals surface area contributed by atoms with Crippen molar-refractivity contribution in [1.29, 1.82) is 0 Å². The fraction of sp³-hybridized carbons (Fsp3) is 0.870. The first-order chi connectivity index (χ1) is 13.2. The van der Waals surface area contributed by atoms with Crippen LogP contribution in [0.25, 0.3) is 0 Å². The second-order valence-electron chi connectivity index (χ2n) is 10.9. The number of cyclic esters (lactones) is 1. The molecular formula is C23H34O5. The lowest BCUT2D eigenvalue weighted by molar-refractivity contribution is -0.230. The molecule has 156 valence electrons. The third-order valence-corrected chi connectivity index (χ3v) is 9.97. The highest BCUT2D eigenvalue weighted by Gasteiger charge is 2.68. The quantitative estimate of drug-likeness (QED) is 0.599. The molecule has 5 aliphatic rings. The minimum absolute atomic E-state index is 0.0115. The van der Waals surface area contributed by atoms with Crippen molar-refractivity contribution in [3.8, 4) is 0 Å². The van der Waals surface area contributed by atoms with Crippen LogP contribution in [-0.4, -0.2) is 45.7 Å². The van der Waals surface area contributed by atoms with Gasteiger partial charge in [-0.25, -0.2) is 4.79 Å². The van der Waals surface area contributed by atoms with E-state index in [9.17, 15) is 20.1 Å². The standard InChI is InChI=1S/C23H34O5/c1-21-6-3-14(24)10-18(21)19(25)11-17-16(21)4-7-22(2)15(5-8-23(17,22)27)13-9-20(26)28-12-13/h9,14-19,24-25,27H,3-8,10-12H2,1-2H3/t14-,15+,16-,17+,18-,19?,21+,22+,23-/m0/s1. The van der Waals surface area contributed by atoms with Gasteiger partial charge in [0.2, 0.25) is 0 Å². The summed E-state index contributed by atoms with van der Waals surface area (Å²) in [5.74, 6) is 0.529. The maximum Gasteiger partial charge on any atom is 0.331 e. The molecule has 0 aromatic carbocycles. The Morgan fingerprint density at radius 3 is 2.50 bits per heavy atom. The fourth-order valence-corrected chi connectivity index (χ4v) is 8.42. The molecule has 5 nitrogen and oxygen atoms in total. The van der Waals surface area contributed by atoms with Crippen molar-refractivity contribution in [1.82, 2.24) is 0 Å². The average molecular weight is 391 g/mol. The van der Waals surface area contributed by atoms with Crippen LogP contribution in [0.2, 0.25) is 0 Å². The van der Waals surface area contributed by atoms with Crippen molar-refractivity contribution >= 4 is 5.97 Å². The zero-order valence-electron chi connectivity index (χ0n) is 17.1. The Morgan fingerprint density at radius 2 is 1.79 bits per heavy atom. The number of ether oxygens (including phenoxy) is 1. The smallest absolute Gasteiger partial charge is 0.331 e. The van der Waals surface area contributed by atoms with Crippen LogP contribution in [0.1, 0.15) is 65.2 Å². The van der Waals surface area contributed by atoms with Crippen LogP contribution >= 0.6 is 0 Å². The first-order valence-corrected chi connectivity index (χ1v) is 11.1. The van der Waals surface area contributed by atoms with E-state index in [2.05, 4.69) is 13.8 Å². The van der Waals surface area contributed by atoms with E-state index >= 15 is 0 Å². The Hall–Kier alpha value is -0.910. The molecule has 1 heterocycles. The highest BCUT2D eigenvalue weighted by atomic mass is 16.5. The van der Waals surface area contributed by atoms with E-state index in [-0.39, 0.29) is 40.7 Å². The monoisotopic (exact) mass is 390 g/mol. The van der Waals surface area contributed by atoms with Crippen LogP contribution in [0, 0.1) is 34.5 Å². The Kier molecular flexibility index (Phi) is 4.12. The summed E-state index contributed by atoms with van der Waals surface area (Å²) in [6.07, 6.45) is 7.55. The topological polar surface area (TPSA) is 87.0 Å². The normalized spacial score (nSPS) is 55.8. The summed E-state index contributed by atoms with van der Waals surface area (Å²) >= 11 is 0. The molecule has 4 aliphatic carbocycles. The van der Waals surface area contributed by atoms with Gasteiger partial charge in [-0.3, -0.25) is 0 Å². The van der Waals surface area contributed by atoms with Crippen molar-refractivity contribution in [2.45, 2.75) is 83.0 Å². The maximum atomic E-state index is 12.1. The van der Waals surface area contributed by atoms with Gasteiger partial charge in [-0.15, -0.1) is 0 Å². The predicted molar refractivity (Wildman–Crippen MR) is 103 cm³/mol. The Balaban J connectivity index is 1.49. The molecule has 0 bridgehead atoms. The van der Waals surface area contributed by atoms with E-state index in [1.165, 1.54) is 0 Å². The molecule has 4 fully saturated rings. The molecule has 9 atom stereocenters. The van der Waals surface area contributed by atoms with Gasteiger partial charge in [-0.05, 0) is 86.0 Å². The second kappa shape index (κ2) is 6.05. The summed E-state index contributed by atoms with van der Waals surface area (Å²) in [6, 6.07) is 0. The predicted octanol–water partition coefficient (Wildman–Crippen LogP) is 2.58. The van der Waals surface area contributed by atoms with Gasteiger partial charge in [0.15, 0.2) is 0 Å². The van der Waals surface area contributed by atoms with Crippen LogP contribution in [0.15, 0.2) is 11.6 Å². The molecule has 1 unspecified atom stereocenters. The molecule has 0 saturated heterocycles. The van der Waals surface area contributed by atoms with Gasteiger partial charge in [-0.1, -0.05) is 13.8 Å². The number of aliphatic hydroxyl groups excluding tert-OH is 2. The van der Waals surface area contributed by atoms with Crippen LogP contribution in [0.3, 0.4) is 0 Å². The molecule has 0 amide bonds. The Labute approximate surface area is 167 Å². The van der Waals surface area contributed by atoms with Crippen molar-refractivity contribution < 1.29 is 24.9 Å². The van der Waals surface area contributed by atoms with Gasteiger partial charge < -0.3 is 20.1 Å². The molecule has 3 N–H and O–H groups in total. The molecule has 0 aromatic rings. The summed E-state index contributed by atoms with van der Waals surface area (Å²) in [5.41, 5.74) is -0.0471. The van der Waals surface area contributed by atoms with Crippen molar-refractivity contribution in [3.63, 3.8) is 0 Å².